The Hall–Kier alpha value is -1.93. The third kappa shape index (κ3) is 5.78. The van der Waals surface area contributed by atoms with Gasteiger partial charge in [-0.2, -0.15) is 5.10 Å². The first-order valence-electron chi connectivity index (χ1n) is 10.4. The minimum absolute atomic E-state index is 0.178. The van der Waals surface area contributed by atoms with Gasteiger partial charge < -0.3 is 14.9 Å². The van der Waals surface area contributed by atoms with Crippen LogP contribution in [-0.2, 0) is 16.0 Å². The Kier molecular flexibility index (Phi) is 7.44. The molecule has 8 nitrogen and oxygen atoms in total. The van der Waals surface area contributed by atoms with E-state index in [1.165, 1.54) is 0 Å². The van der Waals surface area contributed by atoms with Gasteiger partial charge in [0.25, 0.3) is 0 Å². The SMILES string of the molecule is CN1CCN([C@@H]2CCN(C(=O)CCCc3cn[nH]c3)C[C@@H]2CCC(=O)O)CC1. The van der Waals surface area contributed by atoms with Crippen LogP contribution >= 0.6 is 0 Å². The van der Waals surface area contributed by atoms with Crippen molar-refractivity contribution in [3.05, 3.63) is 18.0 Å². The fourth-order valence-corrected chi connectivity index (χ4v) is 4.49. The van der Waals surface area contributed by atoms with Crippen molar-refractivity contribution in [1.29, 1.82) is 0 Å². The first-order chi connectivity index (χ1) is 13.5. The fourth-order valence-electron chi connectivity index (χ4n) is 4.49. The van der Waals surface area contributed by atoms with Crippen LogP contribution in [0.2, 0.25) is 0 Å². The molecule has 2 fully saturated rings. The van der Waals surface area contributed by atoms with E-state index in [0.717, 1.165) is 57.5 Å². The number of aromatic nitrogens is 2. The number of aromatic amines is 1. The van der Waals surface area contributed by atoms with Crippen molar-refractivity contribution in [3.63, 3.8) is 0 Å². The van der Waals surface area contributed by atoms with Gasteiger partial charge in [-0.15, -0.1) is 0 Å². The molecule has 1 amide bonds. The largest absolute Gasteiger partial charge is 0.481 e. The van der Waals surface area contributed by atoms with Crippen molar-refractivity contribution in [2.45, 2.75) is 44.6 Å². The monoisotopic (exact) mass is 391 g/mol. The van der Waals surface area contributed by atoms with Gasteiger partial charge in [-0.05, 0) is 44.2 Å². The molecule has 0 spiro atoms. The highest BCUT2D eigenvalue weighted by molar-refractivity contribution is 5.76. The van der Waals surface area contributed by atoms with Crippen LogP contribution in [0.3, 0.4) is 0 Å². The van der Waals surface area contributed by atoms with Crippen LogP contribution in [0.4, 0.5) is 0 Å². The molecule has 0 aromatic carbocycles. The molecule has 3 heterocycles. The number of carbonyl (C=O) groups is 2. The Morgan fingerprint density at radius 3 is 2.68 bits per heavy atom. The maximum atomic E-state index is 12.7. The average molecular weight is 392 g/mol. The van der Waals surface area contributed by atoms with Gasteiger partial charge in [0.05, 0.1) is 6.20 Å². The van der Waals surface area contributed by atoms with Crippen LogP contribution in [0.15, 0.2) is 12.4 Å². The molecule has 0 radical (unpaired) electrons. The molecule has 8 heteroatoms. The second kappa shape index (κ2) is 10.0. The molecule has 2 N–H and O–H groups in total. The normalized spacial score (nSPS) is 24.4. The summed E-state index contributed by atoms with van der Waals surface area (Å²) in [5.74, 6) is -0.313. The summed E-state index contributed by atoms with van der Waals surface area (Å²) in [5.41, 5.74) is 1.13. The standard InChI is InChI=1S/C20H33N5O3/c1-23-9-11-24(12-10-23)18-7-8-25(15-17(18)5-6-20(27)28)19(26)4-2-3-16-13-21-22-14-16/h13-14,17-18H,2-12,15H2,1H3,(H,21,22)(H,27,28)/t17-,18+/m0/s1. The summed E-state index contributed by atoms with van der Waals surface area (Å²) in [7, 11) is 2.14. The highest BCUT2D eigenvalue weighted by Crippen LogP contribution is 2.27. The second-order valence-electron chi connectivity index (χ2n) is 8.19. The minimum atomic E-state index is -0.749. The van der Waals surface area contributed by atoms with Crippen LogP contribution in [0.5, 0.6) is 0 Å². The molecule has 3 rings (SSSR count). The van der Waals surface area contributed by atoms with E-state index >= 15 is 0 Å². The molecule has 28 heavy (non-hydrogen) atoms. The molecule has 2 aliphatic rings. The van der Waals surface area contributed by atoms with Gasteiger partial charge in [-0.3, -0.25) is 19.6 Å². The summed E-state index contributed by atoms with van der Waals surface area (Å²) >= 11 is 0. The van der Waals surface area contributed by atoms with Gasteiger partial charge in [-0.25, -0.2) is 0 Å². The summed E-state index contributed by atoms with van der Waals surface area (Å²) in [4.78, 5) is 30.7. The summed E-state index contributed by atoms with van der Waals surface area (Å²) in [6.07, 6.45) is 7.64. The molecular weight excluding hydrogens is 358 g/mol. The number of nitrogens with one attached hydrogen (secondary N) is 1. The third-order valence-corrected chi connectivity index (χ3v) is 6.19. The van der Waals surface area contributed by atoms with Gasteiger partial charge in [-0.1, -0.05) is 0 Å². The number of amides is 1. The lowest BCUT2D eigenvalue weighted by Crippen LogP contribution is -2.57. The van der Waals surface area contributed by atoms with Crippen molar-refractivity contribution < 1.29 is 14.7 Å². The Bertz CT molecular complexity index is 628. The fraction of sp³-hybridized carbons (Fsp3) is 0.750. The van der Waals surface area contributed by atoms with E-state index in [4.69, 9.17) is 5.11 Å². The van der Waals surface area contributed by atoms with Crippen LogP contribution < -0.4 is 0 Å². The molecule has 1 aromatic heterocycles. The van der Waals surface area contributed by atoms with Crippen molar-refractivity contribution in [2.24, 2.45) is 5.92 Å². The molecular formula is C20H33N5O3. The highest BCUT2D eigenvalue weighted by atomic mass is 16.4. The number of nitrogens with zero attached hydrogens (tertiary/aromatic N) is 4. The van der Waals surface area contributed by atoms with Crippen molar-refractivity contribution in [3.8, 4) is 0 Å². The molecule has 2 atom stereocenters. The van der Waals surface area contributed by atoms with Gasteiger partial charge in [0.2, 0.25) is 5.91 Å². The predicted molar refractivity (Wildman–Crippen MR) is 106 cm³/mol. The number of likely N-dealkylation sites (N-methyl/N-ethyl adjacent to an activating group) is 1. The summed E-state index contributed by atoms with van der Waals surface area (Å²) < 4.78 is 0. The third-order valence-electron chi connectivity index (χ3n) is 6.19. The zero-order valence-corrected chi connectivity index (χ0v) is 16.8. The van der Waals surface area contributed by atoms with Gasteiger partial charge >= 0.3 is 5.97 Å². The molecule has 2 saturated heterocycles. The minimum Gasteiger partial charge on any atom is -0.481 e. The van der Waals surface area contributed by atoms with E-state index in [2.05, 4.69) is 27.0 Å². The van der Waals surface area contributed by atoms with Crippen LogP contribution in [0.25, 0.3) is 0 Å². The molecule has 0 aliphatic carbocycles. The van der Waals surface area contributed by atoms with Crippen molar-refractivity contribution in [2.75, 3.05) is 46.3 Å². The Labute approximate surface area is 166 Å². The van der Waals surface area contributed by atoms with E-state index in [1.807, 2.05) is 11.1 Å². The number of aliphatic carboxylic acids is 1. The zero-order valence-electron chi connectivity index (χ0n) is 16.8. The number of rotatable bonds is 8. The molecule has 1 aromatic rings. The number of piperazine rings is 1. The van der Waals surface area contributed by atoms with Gasteiger partial charge in [0.15, 0.2) is 0 Å². The molecule has 0 bridgehead atoms. The summed E-state index contributed by atoms with van der Waals surface area (Å²) in [6, 6.07) is 0.392. The Morgan fingerprint density at radius 1 is 1.21 bits per heavy atom. The predicted octanol–water partition coefficient (Wildman–Crippen LogP) is 1.06. The van der Waals surface area contributed by atoms with Crippen molar-refractivity contribution >= 4 is 11.9 Å². The number of carboxylic acid groups (broad SMARTS) is 1. The van der Waals surface area contributed by atoms with Crippen molar-refractivity contribution in [1.82, 2.24) is 24.9 Å². The zero-order chi connectivity index (χ0) is 19.9. The Balaban J connectivity index is 1.53. The Morgan fingerprint density at radius 2 is 2.00 bits per heavy atom. The quantitative estimate of drug-likeness (QED) is 0.688. The maximum Gasteiger partial charge on any atom is 0.303 e. The van der Waals surface area contributed by atoms with E-state index < -0.39 is 5.97 Å². The number of piperidine rings is 1. The van der Waals surface area contributed by atoms with Crippen LogP contribution in [0, 0.1) is 5.92 Å². The number of carboxylic acids is 1. The van der Waals surface area contributed by atoms with Crippen LogP contribution in [-0.4, -0.2) is 94.2 Å². The van der Waals surface area contributed by atoms with E-state index in [0.29, 0.717) is 25.4 Å². The first kappa shape index (κ1) is 20.8. The molecule has 0 unspecified atom stereocenters. The lowest BCUT2D eigenvalue weighted by Gasteiger charge is -2.46. The number of hydrogen-bond acceptors (Lipinski definition) is 5. The second-order valence-corrected chi connectivity index (χ2v) is 8.19. The number of hydrogen-bond donors (Lipinski definition) is 2. The lowest BCUT2D eigenvalue weighted by molar-refractivity contribution is -0.138. The van der Waals surface area contributed by atoms with E-state index in [9.17, 15) is 9.59 Å². The maximum absolute atomic E-state index is 12.7. The molecule has 2 aliphatic heterocycles. The number of aryl methyl sites for hydroxylation is 1. The van der Waals surface area contributed by atoms with E-state index in [1.54, 1.807) is 6.20 Å². The highest BCUT2D eigenvalue weighted by Gasteiger charge is 2.35. The number of likely N-dealkylation sites (tertiary alicyclic amines) is 1. The average Bonchev–Trinajstić information content (AvgIpc) is 3.20. The topological polar surface area (TPSA) is 92.8 Å². The smallest absolute Gasteiger partial charge is 0.303 e. The lowest BCUT2D eigenvalue weighted by atomic mass is 9.86. The molecule has 0 saturated carbocycles. The summed E-state index contributed by atoms with van der Waals surface area (Å²) in [5, 5.41) is 15.9. The van der Waals surface area contributed by atoms with E-state index in [-0.39, 0.29) is 18.2 Å². The molecule has 156 valence electrons. The number of H-pyrrole nitrogens is 1. The van der Waals surface area contributed by atoms with Gasteiger partial charge in [0, 0.05) is 64.3 Å². The van der Waals surface area contributed by atoms with Gasteiger partial charge in [0.1, 0.15) is 0 Å². The van der Waals surface area contributed by atoms with Crippen LogP contribution in [0.1, 0.15) is 37.7 Å². The first-order valence-corrected chi connectivity index (χ1v) is 10.4. The number of carbonyl (C=O) groups excluding carboxylic acids is 1. The summed E-state index contributed by atoms with van der Waals surface area (Å²) in [6.45, 7) is 5.64.